The molecule has 0 bridgehead atoms. The van der Waals surface area contributed by atoms with Crippen LogP contribution in [0.2, 0.25) is 0 Å². The molecule has 1 aromatic carbocycles. The maximum atomic E-state index is 8.84. The third-order valence-corrected chi connectivity index (χ3v) is 3.29. The average Bonchev–Trinajstić information content (AvgIpc) is 2.78. The summed E-state index contributed by atoms with van der Waals surface area (Å²) in [4.78, 5) is 0. The Morgan fingerprint density at radius 1 is 1.38 bits per heavy atom. The molecule has 0 fully saturated rings. The Bertz CT molecular complexity index is 514. The summed E-state index contributed by atoms with van der Waals surface area (Å²) in [6, 6.07) is 9.83. The normalized spacial score (nSPS) is 9.75. The van der Waals surface area contributed by atoms with E-state index in [4.69, 9.17) is 5.26 Å². The first-order chi connectivity index (χ1) is 7.78. The number of rotatable bonds is 3. The molecule has 1 heterocycles. The van der Waals surface area contributed by atoms with E-state index in [9.17, 15) is 0 Å². The Morgan fingerprint density at radius 3 is 2.94 bits per heavy atom. The molecule has 0 aliphatic carbocycles. The van der Waals surface area contributed by atoms with Gasteiger partial charge in [-0.3, -0.25) is 0 Å². The number of hydrogen-bond donors (Lipinski definition) is 1. The van der Waals surface area contributed by atoms with Gasteiger partial charge in [0.25, 0.3) is 0 Å². The maximum absolute atomic E-state index is 8.84. The number of nitrogens with zero attached hydrogens (tertiary/aromatic N) is 1. The predicted molar refractivity (Wildman–Crippen MR) is 70.5 cm³/mol. The minimum Gasteiger partial charge on any atom is -0.381 e. The summed E-state index contributed by atoms with van der Waals surface area (Å²) < 4.78 is 0.916. The van der Waals surface area contributed by atoms with Gasteiger partial charge in [-0.05, 0) is 40.6 Å². The van der Waals surface area contributed by atoms with E-state index in [1.807, 2.05) is 12.1 Å². The Balaban J connectivity index is 2.10. The van der Waals surface area contributed by atoms with Gasteiger partial charge >= 0.3 is 0 Å². The van der Waals surface area contributed by atoms with Gasteiger partial charge in [0.2, 0.25) is 0 Å². The summed E-state index contributed by atoms with van der Waals surface area (Å²) in [5.74, 6) is 0. The fraction of sp³-hybridized carbons (Fsp3) is 0.0833. The summed E-state index contributed by atoms with van der Waals surface area (Å²) >= 11 is 5.07. The highest BCUT2D eigenvalue weighted by Gasteiger charge is 1.99. The molecule has 80 valence electrons. The summed E-state index contributed by atoms with van der Waals surface area (Å²) in [6.45, 7) is 0.783. The zero-order chi connectivity index (χ0) is 11.4. The second-order valence-corrected chi connectivity index (χ2v) is 5.02. The van der Waals surface area contributed by atoms with Gasteiger partial charge in [0.15, 0.2) is 0 Å². The molecule has 0 unspecified atom stereocenters. The van der Waals surface area contributed by atoms with Crippen molar-refractivity contribution in [3.63, 3.8) is 0 Å². The van der Waals surface area contributed by atoms with Crippen LogP contribution in [0.5, 0.6) is 0 Å². The van der Waals surface area contributed by atoms with E-state index in [1.54, 1.807) is 17.4 Å². The van der Waals surface area contributed by atoms with Crippen molar-refractivity contribution in [1.82, 2.24) is 0 Å². The molecule has 0 aliphatic rings. The molecule has 0 aliphatic heterocycles. The van der Waals surface area contributed by atoms with Crippen molar-refractivity contribution in [2.45, 2.75) is 6.54 Å². The van der Waals surface area contributed by atoms with E-state index in [0.29, 0.717) is 5.56 Å². The molecule has 4 heteroatoms. The quantitative estimate of drug-likeness (QED) is 0.928. The molecular weight excluding hydrogens is 284 g/mol. The topological polar surface area (TPSA) is 35.8 Å². The van der Waals surface area contributed by atoms with E-state index in [1.165, 1.54) is 5.56 Å². The highest BCUT2D eigenvalue weighted by Crippen LogP contribution is 2.20. The lowest BCUT2D eigenvalue weighted by Crippen LogP contribution is -1.98. The first-order valence-corrected chi connectivity index (χ1v) is 6.47. The van der Waals surface area contributed by atoms with Crippen molar-refractivity contribution in [2.75, 3.05) is 5.32 Å². The second kappa shape index (κ2) is 5.15. The number of nitriles is 1. The van der Waals surface area contributed by atoms with Crippen LogP contribution in [-0.4, -0.2) is 0 Å². The van der Waals surface area contributed by atoms with Crippen molar-refractivity contribution < 1.29 is 0 Å². The summed E-state index contributed by atoms with van der Waals surface area (Å²) in [5, 5.41) is 16.3. The van der Waals surface area contributed by atoms with Gasteiger partial charge in [-0.1, -0.05) is 15.9 Å². The van der Waals surface area contributed by atoms with Crippen molar-refractivity contribution >= 4 is 33.0 Å². The highest BCUT2D eigenvalue weighted by atomic mass is 79.9. The molecule has 2 aromatic rings. The third kappa shape index (κ3) is 2.84. The lowest BCUT2D eigenvalue weighted by Gasteiger charge is -2.06. The summed E-state index contributed by atoms with van der Waals surface area (Å²) in [6.07, 6.45) is 0. The standard InChI is InChI=1S/C12H9BrN2S/c13-11-3-10(6-14)4-12(5-11)15-7-9-1-2-16-8-9/h1-5,8,15H,7H2. The van der Waals surface area contributed by atoms with Gasteiger partial charge in [-0.2, -0.15) is 16.6 Å². The lowest BCUT2D eigenvalue weighted by atomic mass is 10.2. The van der Waals surface area contributed by atoms with Crippen LogP contribution in [0.3, 0.4) is 0 Å². The largest absolute Gasteiger partial charge is 0.381 e. The SMILES string of the molecule is N#Cc1cc(Br)cc(NCc2ccsc2)c1. The van der Waals surface area contributed by atoms with Crippen LogP contribution in [0.1, 0.15) is 11.1 Å². The number of nitrogens with one attached hydrogen (secondary N) is 1. The number of hydrogen-bond acceptors (Lipinski definition) is 3. The van der Waals surface area contributed by atoms with Crippen molar-refractivity contribution in [3.05, 3.63) is 50.6 Å². The number of halogens is 1. The van der Waals surface area contributed by atoms with Crippen LogP contribution in [0, 0.1) is 11.3 Å². The molecule has 16 heavy (non-hydrogen) atoms. The average molecular weight is 293 g/mol. The highest BCUT2D eigenvalue weighted by molar-refractivity contribution is 9.10. The van der Waals surface area contributed by atoms with Gasteiger partial charge in [-0.15, -0.1) is 0 Å². The number of anilines is 1. The van der Waals surface area contributed by atoms with Crippen molar-refractivity contribution in [1.29, 1.82) is 5.26 Å². The van der Waals surface area contributed by atoms with Gasteiger partial charge < -0.3 is 5.32 Å². The molecule has 1 aromatic heterocycles. The number of benzene rings is 1. The Morgan fingerprint density at radius 2 is 2.25 bits per heavy atom. The molecule has 0 saturated carbocycles. The first-order valence-electron chi connectivity index (χ1n) is 4.73. The van der Waals surface area contributed by atoms with Crippen LogP contribution < -0.4 is 5.32 Å². The minimum absolute atomic E-state index is 0.655. The molecule has 0 atom stereocenters. The van der Waals surface area contributed by atoms with E-state index >= 15 is 0 Å². The number of thiophene rings is 1. The van der Waals surface area contributed by atoms with Gasteiger partial charge in [0.1, 0.15) is 0 Å². The predicted octanol–water partition coefficient (Wildman–Crippen LogP) is 3.99. The first kappa shape index (κ1) is 11.2. The van der Waals surface area contributed by atoms with Crippen molar-refractivity contribution in [2.24, 2.45) is 0 Å². The van der Waals surface area contributed by atoms with Crippen LogP contribution in [0.25, 0.3) is 0 Å². The zero-order valence-corrected chi connectivity index (χ0v) is 10.8. The Kier molecular flexibility index (Phi) is 3.60. The Hall–Kier alpha value is -1.31. The van der Waals surface area contributed by atoms with E-state index in [0.717, 1.165) is 16.7 Å². The maximum Gasteiger partial charge on any atom is 0.0992 e. The molecule has 2 rings (SSSR count). The van der Waals surface area contributed by atoms with Gasteiger partial charge in [0, 0.05) is 16.7 Å². The molecule has 2 nitrogen and oxygen atoms in total. The summed E-state index contributed by atoms with van der Waals surface area (Å²) in [5.41, 5.74) is 2.86. The van der Waals surface area contributed by atoms with Crippen molar-refractivity contribution in [3.8, 4) is 6.07 Å². The van der Waals surface area contributed by atoms with Crippen LogP contribution in [-0.2, 0) is 6.54 Å². The molecule has 0 amide bonds. The minimum atomic E-state index is 0.655. The lowest BCUT2D eigenvalue weighted by molar-refractivity contribution is 1.16. The summed E-state index contributed by atoms with van der Waals surface area (Å²) in [7, 11) is 0. The van der Waals surface area contributed by atoms with Crippen LogP contribution in [0.15, 0.2) is 39.5 Å². The molecule has 0 saturated heterocycles. The fourth-order valence-corrected chi connectivity index (χ4v) is 2.52. The molecule has 1 N–H and O–H groups in total. The molecule has 0 spiro atoms. The van der Waals surface area contributed by atoms with Crippen LogP contribution >= 0.6 is 27.3 Å². The monoisotopic (exact) mass is 292 g/mol. The second-order valence-electron chi connectivity index (χ2n) is 3.33. The molecular formula is C12H9BrN2S. The molecule has 0 radical (unpaired) electrons. The smallest absolute Gasteiger partial charge is 0.0992 e. The Labute approximate surface area is 107 Å². The third-order valence-electron chi connectivity index (χ3n) is 2.10. The van der Waals surface area contributed by atoms with E-state index in [-0.39, 0.29) is 0 Å². The zero-order valence-electron chi connectivity index (χ0n) is 8.40. The fourth-order valence-electron chi connectivity index (χ4n) is 1.35. The van der Waals surface area contributed by atoms with Crippen LogP contribution in [0.4, 0.5) is 5.69 Å². The van der Waals surface area contributed by atoms with E-state index < -0.39 is 0 Å². The van der Waals surface area contributed by atoms with Gasteiger partial charge in [0.05, 0.1) is 11.6 Å². The van der Waals surface area contributed by atoms with E-state index in [2.05, 4.69) is 44.1 Å². The van der Waals surface area contributed by atoms with Gasteiger partial charge in [-0.25, -0.2) is 0 Å².